The Hall–Kier alpha value is -0.980. The van der Waals surface area contributed by atoms with Crippen LogP contribution in [-0.4, -0.2) is 27.3 Å². The number of hydrogen-bond acceptors (Lipinski definition) is 3. The minimum Gasteiger partial charge on any atom is -0.317 e. The average molecular weight is 316 g/mol. The molecular weight excluding hydrogens is 291 g/mol. The zero-order chi connectivity index (χ0) is 15.9. The summed E-state index contributed by atoms with van der Waals surface area (Å²) >= 11 is 0. The van der Waals surface area contributed by atoms with Crippen LogP contribution in [0.15, 0.2) is 18.2 Å². The predicted molar refractivity (Wildman–Crippen MR) is 84.3 cm³/mol. The monoisotopic (exact) mass is 316 g/mol. The maximum atomic E-state index is 13.5. The van der Waals surface area contributed by atoms with Gasteiger partial charge >= 0.3 is 0 Å². The van der Waals surface area contributed by atoms with Crippen molar-refractivity contribution in [2.24, 2.45) is 0 Å². The van der Waals surface area contributed by atoms with Crippen molar-refractivity contribution in [2.45, 2.75) is 39.7 Å². The lowest BCUT2D eigenvalue weighted by Gasteiger charge is -2.15. The number of aryl methyl sites for hydroxylation is 1. The zero-order valence-corrected chi connectivity index (χ0v) is 13.8. The lowest BCUT2D eigenvalue weighted by Crippen LogP contribution is -2.30. The van der Waals surface area contributed by atoms with Crippen molar-refractivity contribution in [3.8, 4) is 0 Å². The lowest BCUT2D eigenvalue weighted by atomic mass is 10.1. The van der Waals surface area contributed by atoms with Crippen molar-refractivity contribution in [2.75, 3.05) is 18.8 Å². The highest BCUT2D eigenvalue weighted by molar-refractivity contribution is 7.89. The fourth-order valence-corrected chi connectivity index (χ4v) is 3.28. The van der Waals surface area contributed by atoms with Gasteiger partial charge in [0.05, 0.1) is 5.75 Å². The Morgan fingerprint density at radius 2 is 2.00 bits per heavy atom. The van der Waals surface area contributed by atoms with Gasteiger partial charge in [-0.3, -0.25) is 0 Å². The molecule has 0 aliphatic rings. The SMILES string of the molecule is CCCNCCCS(=O)(=O)NC(C)c1ccc(C)c(F)c1. The summed E-state index contributed by atoms with van der Waals surface area (Å²) in [6.07, 6.45) is 1.59. The molecule has 0 saturated heterocycles. The van der Waals surface area contributed by atoms with Crippen LogP contribution in [0.25, 0.3) is 0 Å². The smallest absolute Gasteiger partial charge is 0.212 e. The first kappa shape index (κ1) is 18.1. The molecule has 1 rings (SSSR count). The van der Waals surface area contributed by atoms with Gasteiger partial charge in [-0.05, 0) is 57.0 Å². The van der Waals surface area contributed by atoms with E-state index in [4.69, 9.17) is 0 Å². The molecule has 4 nitrogen and oxygen atoms in total. The second-order valence-electron chi connectivity index (χ2n) is 5.27. The summed E-state index contributed by atoms with van der Waals surface area (Å²) in [5, 5.41) is 3.16. The molecule has 1 atom stereocenters. The van der Waals surface area contributed by atoms with Crippen LogP contribution in [0.4, 0.5) is 4.39 Å². The zero-order valence-electron chi connectivity index (χ0n) is 12.9. The Morgan fingerprint density at radius 1 is 1.29 bits per heavy atom. The molecule has 0 spiro atoms. The van der Waals surface area contributed by atoms with Crippen LogP contribution < -0.4 is 10.0 Å². The molecule has 0 bridgehead atoms. The number of rotatable bonds is 9. The highest BCUT2D eigenvalue weighted by atomic mass is 32.2. The van der Waals surface area contributed by atoms with Crippen molar-refractivity contribution < 1.29 is 12.8 Å². The van der Waals surface area contributed by atoms with E-state index in [1.165, 1.54) is 6.07 Å². The number of benzene rings is 1. The van der Waals surface area contributed by atoms with E-state index in [1.807, 2.05) is 0 Å². The maximum Gasteiger partial charge on any atom is 0.212 e. The molecule has 0 fully saturated rings. The summed E-state index contributed by atoms with van der Waals surface area (Å²) in [6.45, 7) is 7.04. The van der Waals surface area contributed by atoms with Crippen LogP contribution in [0.2, 0.25) is 0 Å². The molecule has 2 N–H and O–H groups in total. The maximum absolute atomic E-state index is 13.5. The van der Waals surface area contributed by atoms with Gasteiger partial charge in [-0.25, -0.2) is 17.5 Å². The largest absolute Gasteiger partial charge is 0.317 e. The van der Waals surface area contributed by atoms with Crippen LogP contribution in [0, 0.1) is 12.7 Å². The Kier molecular flexibility index (Phi) is 7.28. The highest BCUT2D eigenvalue weighted by Crippen LogP contribution is 2.17. The van der Waals surface area contributed by atoms with Gasteiger partial charge in [0.1, 0.15) is 5.82 Å². The van der Waals surface area contributed by atoms with Crippen molar-refractivity contribution >= 4 is 10.0 Å². The summed E-state index contributed by atoms with van der Waals surface area (Å²) in [5.74, 6) is -0.245. The Morgan fingerprint density at radius 3 is 2.62 bits per heavy atom. The van der Waals surface area contributed by atoms with Gasteiger partial charge in [-0.1, -0.05) is 19.1 Å². The first-order valence-corrected chi connectivity index (χ1v) is 8.97. The molecule has 21 heavy (non-hydrogen) atoms. The summed E-state index contributed by atoms with van der Waals surface area (Å²) in [5.41, 5.74) is 1.18. The average Bonchev–Trinajstić information content (AvgIpc) is 2.41. The first-order chi connectivity index (χ1) is 9.85. The van der Waals surface area contributed by atoms with Crippen LogP contribution in [-0.2, 0) is 10.0 Å². The minimum atomic E-state index is -3.35. The molecule has 120 valence electrons. The number of sulfonamides is 1. The van der Waals surface area contributed by atoms with Crippen LogP contribution >= 0.6 is 0 Å². The molecule has 0 amide bonds. The molecule has 1 unspecified atom stereocenters. The topological polar surface area (TPSA) is 58.2 Å². The third-order valence-electron chi connectivity index (χ3n) is 3.25. The van der Waals surface area contributed by atoms with E-state index in [-0.39, 0.29) is 11.6 Å². The quantitative estimate of drug-likeness (QED) is 0.688. The summed E-state index contributed by atoms with van der Waals surface area (Å²) in [6, 6.07) is 4.35. The van der Waals surface area contributed by atoms with Gasteiger partial charge in [0.2, 0.25) is 10.0 Å². The second-order valence-corrected chi connectivity index (χ2v) is 7.14. The van der Waals surface area contributed by atoms with E-state index < -0.39 is 16.1 Å². The van der Waals surface area contributed by atoms with E-state index in [1.54, 1.807) is 26.0 Å². The molecule has 0 radical (unpaired) electrons. The van der Waals surface area contributed by atoms with Crippen LogP contribution in [0.3, 0.4) is 0 Å². The first-order valence-electron chi connectivity index (χ1n) is 7.32. The normalized spacial score (nSPS) is 13.3. The Balaban J connectivity index is 2.51. The van der Waals surface area contributed by atoms with Crippen molar-refractivity contribution in [1.82, 2.24) is 10.0 Å². The number of halogens is 1. The summed E-state index contributed by atoms with van der Waals surface area (Å²) in [4.78, 5) is 0. The van der Waals surface area contributed by atoms with Crippen molar-refractivity contribution in [3.05, 3.63) is 35.1 Å². The standard InChI is InChI=1S/C15H25FN2O2S/c1-4-8-17-9-5-10-21(19,20)18-13(3)14-7-6-12(2)15(16)11-14/h6-7,11,13,17-18H,4-5,8-10H2,1-3H3. The van der Waals surface area contributed by atoms with Gasteiger partial charge in [0.15, 0.2) is 0 Å². The molecule has 0 saturated carbocycles. The van der Waals surface area contributed by atoms with E-state index in [0.29, 0.717) is 24.1 Å². The molecule has 0 heterocycles. The van der Waals surface area contributed by atoms with E-state index in [9.17, 15) is 12.8 Å². The van der Waals surface area contributed by atoms with E-state index in [2.05, 4.69) is 17.0 Å². The molecule has 1 aromatic rings. The van der Waals surface area contributed by atoms with Gasteiger partial charge in [-0.2, -0.15) is 0 Å². The molecule has 1 aromatic carbocycles. The van der Waals surface area contributed by atoms with Gasteiger partial charge < -0.3 is 5.32 Å². The van der Waals surface area contributed by atoms with Crippen LogP contribution in [0.1, 0.15) is 43.9 Å². The predicted octanol–water partition coefficient (Wildman–Crippen LogP) is 2.50. The van der Waals surface area contributed by atoms with Crippen LogP contribution in [0.5, 0.6) is 0 Å². The summed E-state index contributed by atoms with van der Waals surface area (Å²) in [7, 11) is -3.35. The molecule has 6 heteroatoms. The van der Waals surface area contributed by atoms with Crippen molar-refractivity contribution in [1.29, 1.82) is 0 Å². The highest BCUT2D eigenvalue weighted by Gasteiger charge is 2.16. The fraction of sp³-hybridized carbons (Fsp3) is 0.600. The summed E-state index contributed by atoms with van der Waals surface area (Å²) < 4.78 is 40.0. The Bertz CT molecular complexity index is 547. The van der Waals surface area contributed by atoms with Gasteiger partial charge in [-0.15, -0.1) is 0 Å². The fourth-order valence-electron chi connectivity index (χ4n) is 1.96. The number of nitrogens with one attached hydrogen (secondary N) is 2. The molecule has 0 aliphatic heterocycles. The van der Waals surface area contributed by atoms with E-state index in [0.717, 1.165) is 13.0 Å². The third-order valence-corrected chi connectivity index (χ3v) is 4.78. The third kappa shape index (κ3) is 6.54. The number of hydrogen-bond donors (Lipinski definition) is 2. The van der Waals surface area contributed by atoms with E-state index >= 15 is 0 Å². The van der Waals surface area contributed by atoms with Gasteiger partial charge in [0, 0.05) is 6.04 Å². The molecular formula is C15H25FN2O2S. The lowest BCUT2D eigenvalue weighted by molar-refractivity contribution is 0.558. The van der Waals surface area contributed by atoms with Crippen molar-refractivity contribution in [3.63, 3.8) is 0 Å². The second kappa shape index (κ2) is 8.46. The molecule has 0 aromatic heterocycles. The van der Waals surface area contributed by atoms with Gasteiger partial charge in [0.25, 0.3) is 0 Å². The molecule has 0 aliphatic carbocycles. The minimum absolute atomic E-state index is 0.0718. The Labute approximate surface area is 127 Å².